The minimum Gasteiger partial charge on any atom is -0.320 e. The summed E-state index contributed by atoms with van der Waals surface area (Å²) in [4.78, 5) is 0. The number of unbranched alkanes of at least 4 members (excludes halogenated alkanes) is 2. The first-order valence-electron chi connectivity index (χ1n) is 7.02. The Kier molecular flexibility index (Phi) is 10.6. The summed E-state index contributed by atoms with van der Waals surface area (Å²) in [7, 11) is 1.99. The average molecular weight is 257 g/mol. The number of rotatable bonds is 10. The van der Waals surface area contributed by atoms with Crippen LogP contribution >= 0.6 is 0 Å². The van der Waals surface area contributed by atoms with Crippen molar-refractivity contribution in [2.45, 2.75) is 39.0 Å². The molecule has 0 aliphatic rings. The quantitative estimate of drug-likeness (QED) is 0.347. The largest absolute Gasteiger partial charge is 0.320 e. The van der Waals surface area contributed by atoms with Gasteiger partial charge < -0.3 is 5.32 Å². The SMILES string of the molecule is C#C/C=C\C(CCCCCNC)=C(/C=C)C(=C)CC. The summed E-state index contributed by atoms with van der Waals surface area (Å²) >= 11 is 0. The Morgan fingerprint density at radius 3 is 2.58 bits per heavy atom. The van der Waals surface area contributed by atoms with Gasteiger partial charge in [-0.2, -0.15) is 0 Å². The van der Waals surface area contributed by atoms with Crippen LogP contribution in [-0.2, 0) is 0 Å². The van der Waals surface area contributed by atoms with E-state index in [1.807, 2.05) is 19.2 Å². The van der Waals surface area contributed by atoms with Gasteiger partial charge in [-0.3, -0.25) is 0 Å². The molecule has 0 saturated carbocycles. The zero-order chi connectivity index (χ0) is 14.5. The number of allylic oxidation sites excluding steroid dienone is 6. The van der Waals surface area contributed by atoms with Crippen molar-refractivity contribution in [1.82, 2.24) is 5.32 Å². The van der Waals surface area contributed by atoms with Gasteiger partial charge in [-0.15, -0.1) is 6.42 Å². The molecule has 1 nitrogen and oxygen atoms in total. The molecule has 19 heavy (non-hydrogen) atoms. The first-order valence-corrected chi connectivity index (χ1v) is 7.02. The van der Waals surface area contributed by atoms with E-state index >= 15 is 0 Å². The number of hydrogen-bond donors (Lipinski definition) is 1. The maximum atomic E-state index is 5.31. The van der Waals surface area contributed by atoms with Crippen LogP contribution in [0.15, 0.2) is 48.1 Å². The smallest absolute Gasteiger partial charge is 0.00519 e. The standard InChI is InChI=1S/C18H27N/c1-6-9-13-17(14-11-10-12-15-19-5)18(8-3)16(4)7-2/h1,8-9,13,19H,3-4,7,10-12,14-15H2,2,5H3/b13-9-,18-17-. The molecule has 0 bridgehead atoms. The molecule has 0 fully saturated rings. The third-order valence-electron chi connectivity index (χ3n) is 3.11. The summed E-state index contributed by atoms with van der Waals surface area (Å²) in [5.74, 6) is 2.56. The molecule has 104 valence electrons. The van der Waals surface area contributed by atoms with Gasteiger partial charge in [-0.05, 0) is 62.1 Å². The zero-order valence-corrected chi connectivity index (χ0v) is 12.5. The molecule has 0 aromatic heterocycles. The van der Waals surface area contributed by atoms with E-state index in [1.165, 1.54) is 24.8 Å². The van der Waals surface area contributed by atoms with Crippen LogP contribution in [0.1, 0.15) is 39.0 Å². The van der Waals surface area contributed by atoms with Gasteiger partial charge in [0.25, 0.3) is 0 Å². The number of hydrogen-bond acceptors (Lipinski definition) is 1. The Balaban J connectivity index is 4.74. The van der Waals surface area contributed by atoms with Crippen molar-refractivity contribution in [3.63, 3.8) is 0 Å². The molecular weight excluding hydrogens is 230 g/mol. The molecule has 0 aromatic rings. The van der Waals surface area contributed by atoms with Gasteiger partial charge in [-0.1, -0.05) is 44.6 Å². The molecule has 0 atom stereocenters. The number of nitrogens with one attached hydrogen (secondary N) is 1. The van der Waals surface area contributed by atoms with Crippen LogP contribution in [0.3, 0.4) is 0 Å². The lowest BCUT2D eigenvalue weighted by atomic mass is 9.95. The molecule has 0 heterocycles. The molecule has 0 amide bonds. The Morgan fingerprint density at radius 2 is 2.05 bits per heavy atom. The second kappa shape index (κ2) is 11.6. The highest BCUT2D eigenvalue weighted by Crippen LogP contribution is 2.23. The molecule has 0 radical (unpaired) electrons. The van der Waals surface area contributed by atoms with E-state index in [1.54, 1.807) is 6.08 Å². The lowest BCUT2D eigenvalue weighted by Gasteiger charge is -2.11. The van der Waals surface area contributed by atoms with Crippen LogP contribution in [0.5, 0.6) is 0 Å². The summed E-state index contributed by atoms with van der Waals surface area (Å²) in [6, 6.07) is 0. The highest BCUT2D eigenvalue weighted by Gasteiger charge is 2.04. The summed E-state index contributed by atoms with van der Waals surface area (Å²) in [5, 5.41) is 3.17. The van der Waals surface area contributed by atoms with Crippen molar-refractivity contribution in [3.8, 4) is 12.3 Å². The number of terminal acetylenes is 1. The molecule has 1 N–H and O–H groups in total. The molecule has 0 unspecified atom stereocenters. The van der Waals surface area contributed by atoms with E-state index in [4.69, 9.17) is 6.42 Å². The van der Waals surface area contributed by atoms with E-state index in [9.17, 15) is 0 Å². The van der Waals surface area contributed by atoms with Crippen molar-refractivity contribution >= 4 is 0 Å². The third kappa shape index (κ3) is 7.49. The lowest BCUT2D eigenvalue weighted by molar-refractivity contribution is 0.642. The van der Waals surface area contributed by atoms with Crippen LogP contribution in [0, 0.1) is 12.3 Å². The molecule has 0 rings (SSSR count). The molecule has 0 spiro atoms. The Bertz CT molecular complexity index is 377. The predicted molar refractivity (Wildman–Crippen MR) is 87.0 cm³/mol. The van der Waals surface area contributed by atoms with Gasteiger partial charge in [0.05, 0.1) is 0 Å². The maximum absolute atomic E-state index is 5.31. The van der Waals surface area contributed by atoms with Crippen LogP contribution in [0.2, 0.25) is 0 Å². The fourth-order valence-electron chi connectivity index (χ4n) is 1.94. The lowest BCUT2D eigenvalue weighted by Crippen LogP contribution is -2.06. The first-order chi connectivity index (χ1) is 9.21. The van der Waals surface area contributed by atoms with Crippen LogP contribution in [0.4, 0.5) is 0 Å². The van der Waals surface area contributed by atoms with Gasteiger partial charge in [0.1, 0.15) is 0 Å². The summed E-state index contributed by atoms with van der Waals surface area (Å²) in [5.41, 5.74) is 3.54. The Labute approximate surface area is 119 Å². The van der Waals surface area contributed by atoms with Gasteiger partial charge in [0.15, 0.2) is 0 Å². The van der Waals surface area contributed by atoms with Crippen molar-refractivity contribution in [1.29, 1.82) is 0 Å². The van der Waals surface area contributed by atoms with Crippen LogP contribution < -0.4 is 5.32 Å². The molecule has 0 aromatic carbocycles. The Hall–Kier alpha value is -1.52. The topological polar surface area (TPSA) is 12.0 Å². The monoisotopic (exact) mass is 257 g/mol. The summed E-state index contributed by atoms with van der Waals surface area (Å²) < 4.78 is 0. The predicted octanol–water partition coefficient (Wildman–Crippen LogP) is 4.40. The minimum atomic E-state index is 0.939. The van der Waals surface area contributed by atoms with E-state index in [2.05, 4.69) is 31.3 Å². The van der Waals surface area contributed by atoms with E-state index in [0.29, 0.717) is 0 Å². The summed E-state index contributed by atoms with van der Waals surface area (Å²) in [6.07, 6.45) is 16.6. The van der Waals surface area contributed by atoms with Gasteiger partial charge in [0.2, 0.25) is 0 Å². The second-order valence-corrected chi connectivity index (χ2v) is 4.51. The molecule has 0 aliphatic heterocycles. The van der Waals surface area contributed by atoms with Gasteiger partial charge in [-0.25, -0.2) is 0 Å². The van der Waals surface area contributed by atoms with E-state index in [-0.39, 0.29) is 0 Å². The normalized spacial score (nSPS) is 12.1. The third-order valence-corrected chi connectivity index (χ3v) is 3.11. The van der Waals surface area contributed by atoms with Crippen LogP contribution in [0.25, 0.3) is 0 Å². The van der Waals surface area contributed by atoms with Crippen LogP contribution in [-0.4, -0.2) is 13.6 Å². The fraction of sp³-hybridized carbons (Fsp3) is 0.444. The Morgan fingerprint density at radius 1 is 1.32 bits per heavy atom. The maximum Gasteiger partial charge on any atom is -0.00519 e. The second-order valence-electron chi connectivity index (χ2n) is 4.51. The van der Waals surface area contributed by atoms with E-state index in [0.717, 1.165) is 30.5 Å². The highest BCUT2D eigenvalue weighted by molar-refractivity contribution is 5.45. The first kappa shape index (κ1) is 17.5. The average Bonchev–Trinajstić information content (AvgIpc) is 2.43. The highest BCUT2D eigenvalue weighted by atomic mass is 14.8. The van der Waals surface area contributed by atoms with E-state index < -0.39 is 0 Å². The molecular formula is C18H27N. The zero-order valence-electron chi connectivity index (χ0n) is 12.5. The fourth-order valence-corrected chi connectivity index (χ4v) is 1.94. The van der Waals surface area contributed by atoms with Crippen molar-refractivity contribution in [3.05, 3.63) is 48.1 Å². The van der Waals surface area contributed by atoms with Crippen molar-refractivity contribution in [2.75, 3.05) is 13.6 Å². The molecule has 0 aliphatic carbocycles. The van der Waals surface area contributed by atoms with Crippen molar-refractivity contribution in [2.24, 2.45) is 0 Å². The van der Waals surface area contributed by atoms with Gasteiger partial charge >= 0.3 is 0 Å². The molecule has 0 saturated heterocycles. The minimum absolute atomic E-state index is 0.939. The van der Waals surface area contributed by atoms with Gasteiger partial charge in [0, 0.05) is 0 Å². The summed E-state index contributed by atoms with van der Waals surface area (Å²) in [6.45, 7) is 11.2. The molecule has 1 heteroatoms. The van der Waals surface area contributed by atoms with Crippen molar-refractivity contribution < 1.29 is 0 Å².